The third-order valence-electron chi connectivity index (χ3n) is 3.49. The molecule has 0 atom stereocenters. The molecule has 0 aliphatic rings. The van der Waals surface area contributed by atoms with Gasteiger partial charge in [-0.15, -0.1) is 0 Å². The molecule has 0 saturated carbocycles. The van der Waals surface area contributed by atoms with Gasteiger partial charge in [-0.25, -0.2) is 4.79 Å². The van der Waals surface area contributed by atoms with Crippen molar-refractivity contribution in [2.24, 2.45) is 0 Å². The van der Waals surface area contributed by atoms with E-state index < -0.39 is 5.97 Å². The van der Waals surface area contributed by atoms with Crippen LogP contribution < -0.4 is 9.47 Å². The molecular weight excluding hydrogens is 342 g/mol. The predicted octanol–water partition coefficient (Wildman–Crippen LogP) is 4.30. The maximum absolute atomic E-state index is 11.9. The van der Waals surface area contributed by atoms with Crippen molar-refractivity contribution in [3.63, 3.8) is 0 Å². The smallest absolute Gasteiger partial charge is 0.349 e. The van der Waals surface area contributed by atoms with Crippen LogP contribution in [-0.4, -0.2) is 19.2 Å². The van der Waals surface area contributed by atoms with Gasteiger partial charge >= 0.3 is 5.97 Å². The minimum absolute atomic E-state index is 0.0499. The van der Waals surface area contributed by atoms with Crippen LogP contribution in [0.5, 0.6) is 11.5 Å². The number of carbonyl (C=O) groups excluding carboxylic acids is 1. The van der Waals surface area contributed by atoms with Gasteiger partial charge in [-0.3, -0.25) is 0 Å². The minimum atomic E-state index is -0.695. The molecule has 0 spiro atoms. The summed E-state index contributed by atoms with van der Waals surface area (Å²) in [6, 6.07) is 16.9. The van der Waals surface area contributed by atoms with Gasteiger partial charge in [0.15, 0.2) is 11.5 Å². The Labute approximate surface area is 159 Å². The Morgan fingerprint density at radius 2 is 1.93 bits per heavy atom. The van der Waals surface area contributed by atoms with Crippen LogP contribution in [0.1, 0.15) is 18.1 Å². The van der Waals surface area contributed by atoms with Crippen LogP contribution in [0.25, 0.3) is 6.08 Å². The van der Waals surface area contributed by atoms with Crippen molar-refractivity contribution in [3.8, 4) is 17.6 Å². The number of rotatable bonds is 9. The van der Waals surface area contributed by atoms with Gasteiger partial charge in [-0.2, -0.15) is 5.26 Å². The average Bonchev–Trinajstić information content (AvgIpc) is 2.70. The van der Waals surface area contributed by atoms with E-state index in [1.54, 1.807) is 18.2 Å². The lowest BCUT2D eigenvalue weighted by atomic mass is 10.1. The summed E-state index contributed by atoms with van der Waals surface area (Å²) in [6.07, 6.45) is 2.90. The van der Waals surface area contributed by atoms with E-state index in [2.05, 4.69) is 6.58 Å². The highest BCUT2D eigenvalue weighted by Gasteiger charge is 2.12. The summed E-state index contributed by atoms with van der Waals surface area (Å²) in [5.74, 6) is 0.435. The Morgan fingerprint density at radius 1 is 1.15 bits per heavy atom. The minimum Gasteiger partial charge on any atom is -0.490 e. The largest absolute Gasteiger partial charge is 0.490 e. The van der Waals surface area contributed by atoms with Crippen molar-refractivity contribution in [1.29, 1.82) is 5.26 Å². The van der Waals surface area contributed by atoms with Crippen molar-refractivity contribution in [2.45, 2.75) is 13.5 Å². The van der Waals surface area contributed by atoms with Crippen molar-refractivity contribution in [1.82, 2.24) is 0 Å². The number of ether oxygens (including phenoxy) is 3. The van der Waals surface area contributed by atoms with Crippen molar-refractivity contribution in [2.75, 3.05) is 13.2 Å². The first-order valence-corrected chi connectivity index (χ1v) is 8.51. The zero-order chi connectivity index (χ0) is 19.5. The highest BCUT2D eigenvalue weighted by molar-refractivity contribution is 5.98. The normalized spacial score (nSPS) is 10.6. The molecular formula is C22H21NO4. The van der Waals surface area contributed by atoms with E-state index in [0.29, 0.717) is 30.3 Å². The molecule has 0 fully saturated rings. The zero-order valence-electron chi connectivity index (χ0n) is 15.2. The van der Waals surface area contributed by atoms with Crippen LogP contribution in [0.15, 0.2) is 66.8 Å². The Bertz CT molecular complexity index is 850. The molecule has 0 radical (unpaired) electrons. The number of carbonyl (C=O) groups is 1. The molecule has 138 valence electrons. The molecule has 5 nitrogen and oxygen atoms in total. The number of benzene rings is 2. The predicted molar refractivity (Wildman–Crippen MR) is 103 cm³/mol. The maximum atomic E-state index is 11.9. The van der Waals surface area contributed by atoms with Crippen molar-refractivity contribution in [3.05, 3.63) is 77.9 Å². The fourth-order valence-electron chi connectivity index (χ4n) is 2.25. The van der Waals surface area contributed by atoms with E-state index in [9.17, 15) is 10.1 Å². The molecule has 0 heterocycles. The lowest BCUT2D eigenvalue weighted by Gasteiger charge is -2.13. The van der Waals surface area contributed by atoms with E-state index in [-0.39, 0.29) is 12.2 Å². The number of hydrogen-bond acceptors (Lipinski definition) is 5. The highest BCUT2D eigenvalue weighted by Crippen LogP contribution is 2.30. The Morgan fingerprint density at radius 3 is 2.59 bits per heavy atom. The molecule has 0 aliphatic heterocycles. The van der Waals surface area contributed by atoms with Gasteiger partial charge < -0.3 is 14.2 Å². The summed E-state index contributed by atoms with van der Waals surface area (Å²) in [7, 11) is 0. The fraction of sp³-hybridized carbons (Fsp3) is 0.182. The highest BCUT2D eigenvalue weighted by atomic mass is 16.5. The van der Waals surface area contributed by atoms with Gasteiger partial charge in [0.25, 0.3) is 0 Å². The van der Waals surface area contributed by atoms with Crippen LogP contribution in [-0.2, 0) is 16.1 Å². The molecule has 0 unspecified atom stereocenters. The summed E-state index contributed by atoms with van der Waals surface area (Å²) in [5, 5.41) is 9.19. The summed E-state index contributed by atoms with van der Waals surface area (Å²) in [5.41, 5.74) is 1.58. The van der Waals surface area contributed by atoms with Crippen LogP contribution in [0.2, 0.25) is 0 Å². The quantitative estimate of drug-likeness (QED) is 0.287. The maximum Gasteiger partial charge on any atom is 0.349 e. The third kappa shape index (κ3) is 6.05. The van der Waals surface area contributed by atoms with E-state index in [0.717, 1.165) is 5.56 Å². The van der Waals surface area contributed by atoms with Gasteiger partial charge in [-0.1, -0.05) is 49.1 Å². The number of nitriles is 1. The van der Waals surface area contributed by atoms with Gasteiger partial charge in [0.2, 0.25) is 0 Å². The fourth-order valence-corrected chi connectivity index (χ4v) is 2.25. The molecule has 0 saturated heterocycles. The molecule has 5 heteroatoms. The van der Waals surface area contributed by atoms with Crippen LogP contribution >= 0.6 is 0 Å². The van der Waals surface area contributed by atoms with E-state index in [1.165, 1.54) is 12.2 Å². The number of esters is 1. The van der Waals surface area contributed by atoms with Crippen LogP contribution in [0.4, 0.5) is 0 Å². The van der Waals surface area contributed by atoms with E-state index in [1.807, 2.05) is 43.3 Å². The number of nitrogens with zero attached hydrogens (tertiary/aromatic N) is 1. The SMILES string of the molecule is C=CCOC(=O)/C(C#N)=C/c1ccc(OCc2ccccc2)c(OCC)c1. The lowest BCUT2D eigenvalue weighted by Crippen LogP contribution is -2.06. The summed E-state index contributed by atoms with van der Waals surface area (Å²) < 4.78 is 16.4. The second kappa shape index (κ2) is 10.5. The average molecular weight is 363 g/mol. The summed E-state index contributed by atoms with van der Waals surface area (Å²) in [6.45, 7) is 6.26. The van der Waals surface area contributed by atoms with Gasteiger partial charge in [0.1, 0.15) is 24.9 Å². The second-order valence-electron chi connectivity index (χ2n) is 5.47. The molecule has 0 bridgehead atoms. The monoisotopic (exact) mass is 363 g/mol. The Kier molecular flexibility index (Phi) is 7.68. The molecule has 0 amide bonds. The third-order valence-corrected chi connectivity index (χ3v) is 3.49. The van der Waals surface area contributed by atoms with Crippen LogP contribution in [0, 0.1) is 11.3 Å². The van der Waals surface area contributed by atoms with Gasteiger partial charge in [0.05, 0.1) is 6.61 Å². The molecule has 0 N–H and O–H groups in total. The molecule has 27 heavy (non-hydrogen) atoms. The molecule has 2 aromatic rings. The topological polar surface area (TPSA) is 68.6 Å². The van der Waals surface area contributed by atoms with Crippen LogP contribution in [0.3, 0.4) is 0 Å². The standard InChI is InChI=1S/C22H21NO4/c1-3-12-26-22(24)19(15-23)13-18-10-11-20(21(14-18)25-4-2)27-16-17-8-6-5-7-9-17/h3,5-11,13-14H,1,4,12,16H2,2H3/b19-13+. The second-order valence-corrected chi connectivity index (χ2v) is 5.47. The lowest BCUT2D eigenvalue weighted by molar-refractivity contribution is -0.137. The van der Waals surface area contributed by atoms with Gasteiger partial charge in [-0.05, 0) is 36.3 Å². The van der Waals surface area contributed by atoms with Gasteiger partial charge in [0, 0.05) is 0 Å². The van der Waals surface area contributed by atoms with Crippen molar-refractivity contribution >= 4 is 12.0 Å². The molecule has 2 rings (SSSR count). The number of hydrogen-bond donors (Lipinski definition) is 0. The Balaban J connectivity index is 2.20. The zero-order valence-corrected chi connectivity index (χ0v) is 15.2. The summed E-state index contributed by atoms with van der Waals surface area (Å²) >= 11 is 0. The van der Waals surface area contributed by atoms with Crippen molar-refractivity contribution < 1.29 is 19.0 Å². The first kappa shape index (κ1) is 19.8. The first-order valence-electron chi connectivity index (χ1n) is 8.51. The van der Waals surface area contributed by atoms with E-state index in [4.69, 9.17) is 14.2 Å². The first-order chi connectivity index (χ1) is 13.2. The Hall–Kier alpha value is -3.52. The van der Waals surface area contributed by atoms with E-state index >= 15 is 0 Å². The molecule has 2 aromatic carbocycles. The molecule has 0 aromatic heterocycles. The summed E-state index contributed by atoms with van der Waals surface area (Å²) in [4.78, 5) is 11.9. The molecule has 0 aliphatic carbocycles.